The van der Waals surface area contributed by atoms with Crippen LogP contribution >= 0.6 is 11.6 Å². The van der Waals surface area contributed by atoms with Gasteiger partial charge in [0.2, 0.25) is 5.28 Å². The Morgan fingerprint density at radius 1 is 1.60 bits per heavy atom. The van der Waals surface area contributed by atoms with E-state index in [1.807, 2.05) is 5.32 Å². The quantitative estimate of drug-likeness (QED) is 0.798. The molecule has 15 heavy (non-hydrogen) atoms. The van der Waals surface area contributed by atoms with Gasteiger partial charge in [-0.05, 0) is 25.4 Å². The largest absolute Gasteiger partial charge is 0.305 e. The van der Waals surface area contributed by atoms with Gasteiger partial charge in [-0.25, -0.2) is 13.8 Å². The fraction of sp³-hybridized carbons (Fsp3) is 0.375. The van der Waals surface area contributed by atoms with Crippen LogP contribution < -0.4 is 5.32 Å². The van der Waals surface area contributed by atoms with Crippen LogP contribution in [0.5, 0.6) is 0 Å². The second kappa shape index (κ2) is 4.06. The maximum absolute atomic E-state index is 13.1. The number of rotatable bonds is 2. The fourth-order valence-electron chi connectivity index (χ4n) is 0.689. The molecule has 0 saturated carbocycles. The first-order valence-electron chi connectivity index (χ1n) is 3.99. The number of aromatic nitrogens is 2. The number of nitrogens with zero attached hydrogens (tertiary/aromatic N) is 2. The highest BCUT2D eigenvalue weighted by Gasteiger charge is 2.27. The number of nitrogens with one attached hydrogen (secondary N) is 1. The summed E-state index contributed by atoms with van der Waals surface area (Å²) < 4.78 is 26.1. The lowest BCUT2D eigenvalue weighted by Crippen LogP contribution is -2.33. The molecule has 1 heterocycles. The molecule has 0 bridgehead atoms. The van der Waals surface area contributed by atoms with E-state index in [2.05, 4.69) is 9.97 Å². The van der Waals surface area contributed by atoms with Crippen molar-refractivity contribution < 1.29 is 13.6 Å². The topological polar surface area (TPSA) is 54.9 Å². The zero-order chi connectivity index (χ0) is 11.6. The van der Waals surface area contributed by atoms with Gasteiger partial charge in [0.1, 0.15) is 0 Å². The third-order valence-corrected chi connectivity index (χ3v) is 1.67. The summed E-state index contributed by atoms with van der Waals surface area (Å²) in [7, 11) is 0. The van der Waals surface area contributed by atoms with Crippen molar-refractivity contribution in [3.8, 4) is 0 Å². The van der Waals surface area contributed by atoms with Crippen molar-refractivity contribution >= 4 is 23.3 Å². The van der Waals surface area contributed by atoms with Gasteiger partial charge in [0.25, 0.3) is 5.91 Å². The van der Waals surface area contributed by atoms with Crippen LogP contribution in [0.3, 0.4) is 0 Å². The molecule has 0 fully saturated rings. The molecule has 82 valence electrons. The van der Waals surface area contributed by atoms with E-state index < -0.39 is 23.2 Å². The summed E-state index contributed by atoms with van der Waals surface area (Å²) in [5.74, 6) is -2.32. The zero-order valence-electron chi connectivity index (χ0n) is 8.01. The van der Waals surface area contributed by atoms with Gasteiger partial charge in [-0.1, -0.05) is 0 Å². The van der Waals surface area contributed by atoms with Gasteiger partial charge in [0.05, 0.1) is 6.20 Å². The molecule has 0 aromatic carbocycles. The summed E-state index contributed by atoms with van der Waals surface area (Å²) >= 11 is 5.38. The van der Waals surface area contributed by atoms with Crippen LogP contribution in [0.1, 0.15) is 13.8 Å². The number of amides is 1. The molecule has 0 atom stereocenters. The molecular formula is C8H8ClF2N3O. The van der Waals surface area contributed by atoms with Gasteiger partial charge in [-0.2, -0.15) is 4.98 Å². The summed E-state index contributed by atoms with van der Waals surface area (Å²) in [6.07, 6.45) is 0.788. The Hall–Kier alpha value is -1.30. The number of halogens is 3. The second-order valence-corrected chi connectivity index (χ2v) is 3.60. The SMILES string of the molecule is CC(C)(F)C(=O)Nc1nc(Cl)ncc1F. The van der Waals surface area contributed by atoms with Crippen molar-refractivity contribution in [1.29, 1.82) is 0 Å². The van der Waals surface area contributed by atoms with Crippen molar-refractivity contribution in [1.82, 2.24) is 9.97 Å². The highest BCUT2D eigenvalue weighted by atomic mass is 35.5. The van der Waals surface area contributed by atoms with E-state index in [9.17, 15) is 13.6 Å². The van der Waals surface area contributed by atoms with Crippen molar-refractivity contribution in [3.05, 3.63) is 17.3 Å². The molecule has 1 rings (SSSR count). The molecule has 0 aliphatic heterocycles. The predicted octanol–water partition coefficient (Wildman–Crippen LogP) is 1.96. The zero-order valence-corrected chi connectivity index (χ0v) is 8.77. The number of anilines is 1. The van der Waals surface area contributed by atoms with Crippen LogP contribution in [0.2, 0.25) is 5.28 Å². The Bertz CT molecular complexity index is 392. The Morgan fingerprint density at radius 2 is 2.20 bits per heavy atom. The summed E-state index contributed by atoms with van der Waals surface area (Å²) in [5, 5.41) is 1.73. The van der Waals surface area contributed by atoms with Crippen molar-refractivity contribution in [2.45, 2.75) is 19.5 Å². The molecule has 0 aliphatic rings. The number of hydrogen-bond donors (Lipinski definition) is 1. The predicted molar refractivity (Wildman–Crippen MR) is 50.8 cm³/mol. The lowest BCUT2D eigenvalue weighted by molar-refractivity contribution is -0.125. The average Bonchev–Trinajstić information content (AvgIpc) is 2.09. The third-order valence-electron chi connectivity index (χ3n) is 1.49. The van der Waals surface area contributed by atoms with Gasteiger partial charge in [-0.3, -0.25) is 4.79 Å². The smallest absolute Gasteiger partial charge is 0.262 e. The van der Waals surface area contributed by atoms with E-state index in [-0.39, 0.29) is 5.28 Å². The maximum Gasteiger partial charge on any atom is 0.262 e. The highest BCUT2D eigenvalue weighted by Crippen LogP contribution is 2.16. The molecule has 1 aromatic rings. The van der Waals surface area contributed by atoms with Gasteiger partial charge in [-0.15, -0.1) is 0 Å². The Morgan fingerprint density at radius 3 is 2.73 bits per heavy atom. The Labute approximate surface area is 89.7 Å². The Kier molecular flexibility index (Phi) is 3.18. The average molecular weight is 236 g/mol. The van der Waals surface area contributed by atoms with E-state index in [1.54, 1.807) is 0 Å². The molecular weight excluding hydrogens is 228 g/mol. The van der Waals surface area contributed by atoms with Gasteiger partial charge in [0.15, 0.2) is 17.3 Å². The third kappa shape index (κ3) is 3.09. The first kappa shape index (κ1) is 11.8. The molecule has 7 heteroatoms. The van der Waals surface area contributed by atoms with E-state index in [0.29, 0.717) is 0 Å². The van der Waals surface area contributed by atoms with Crippen molar-refractivity contribution in [2.24, 2.45) is 0 Å². The van der Waals surface area contributed by atoms with Crippen LogP contribution in [0, 0.1) is 5.82 Å². The Balaban J connectivity index is 2.90. The molecule has 0 radical (unpaired) electrons. The number of carbonyl (C=O) groups excluding carboxylic acids is 1. The lowest BCUT2D eigenvalue weighted by atomic mass is 10.1. The van der Waals surface area contributed by atoms with E-state index in [1.165, 1.54) is 0 Å². The van der Waals surface area contributed by atoms with Gasteiger partial charge < -0.3 is 5.32 Å². The summed E-state index contributed by atoms with van der Waals surface area (Å²) in [4.78, 5) is 17.9. The van der Waals surface area contributed by atoms with Crippen LogP contribution in [-0.2, 0) is 4.79 Å². The first-order chi connectivity index (χ1) is 6.80. The molecule has 4 nitrogen and oxygen atoms in total. The van der Waals surface area contributed by atoms with Crippen LogP contribution in [0.4, 0.5) is 14.6 Å². The van der Waals surface area contributed by atoms with Gasteiger partial charge in [0, 0.05) is 0 Å². The fourth-order valence-corrected chi connectivity index (χ4v) is 0.823. The molecule has 0 unspecified atom stereocenters. The molecule has 1 N–H and O–H groups in total. The number of carbonyl (C=O) groups is 1. The van der Waals surface area contributed by atoms with Crippen molar-refractivity contribution in [3.63, 3.8) is 0 Å². The number of alkyl halides is 1. The van der Waals surface area contributed by atoms with E-state index in [0.717, 1.165) is 20.0 Å². The van der Waals surface area contributed by atoms with Crippen molar-refractivity contribution in [2.75, 3.05) is 5.32 Å². The standard InChI is InChI=1S/C8H8ClF2N3O/c1-8(2,11)6(15)13-5-4(10)3-12-7(9)14-5/h3H,1-2H3,(H,12,13,14,15). The highest BCUT2D eigenvalue weighted by molar-refractivity contribution is 6.28. The number of hydrogen-bond acceptors (Lipinski definition) is 3. The molecule has 1 aromatic heterocycles. The summed E-state index contributed by atoms with van der Waals surface area (Å²) in [6.45, 7) is 2.09. The van der Waals surface area contributed by atoms with Crippen LogP contribution in [-0.4, -0.2) is 21.5 Å². The molecule has 0 saturated heterocycles. The minimum atomic E-state index is -2.12. The van der Waals surface area contributed by atoms with E-state index >= 15 is 0 Å². The van der Waals surface area contributed by atoms with Crippen LogP contribution in [0.25, 0.3) is 0 Å². The molecule has 0 aliphatic carbocycles. The second-order valence-electron chi connectivity index (χ2n) is 3.26. The lowest BCUT2D eigenvalue weighted by Gasteiger charge is -2.13. The van der Waals surface area contributed by atoms with Crippen LogP contribution in [0.15, 0.2) is 6.20 Å². The minimum Gasteiger partial charge on any atom is -0.305 e. The molecule has 0 spiro atoms. The molecule has 1 amide bonds. The van der Waals surface area contributed by atoms with Gasteiger partial charge >= 0.3 is 0 Å². The minimum absolute atomic E-state index is 0.233. The summed E-state index contributed by atoms with van der Waals surface area (Å²) in [6, 6.07) is 0. The first-order valence-corrected chi connectivity index (χ1v) is 4.37. The normalized spacial score (nSPS) is 11.3. The maximum atomic E-state index is 13.1. The monoisotopic (exact) mass is 235 g/mol. The summed E-state index contributed by atoms with van der Waals surface area (Å²) in [5.41, 5.74) is -2.12. The van der Waals surface area contributed by atoms with E-state index in [4.69, 9.17) is 11.6 Å².